The van der Waals surface area contributed by atoms with Crippen LogP contribution in [-0.4, -0.2) is 29.4 Å². The van der Waals surface area contributed by atoms with Gasteiger partial charge in [-0.15, -0.1) is 0 Å². The second kappa shape index (κ2) is 6.74. The van der Waals surface area contributed by atoms with E-state index in [9.17, 15) is 4.79 Å². The van der Waals surface area contributed by atoms with E-state index < -0.39 is 0 Å². The Hall–Kier alpha value is -0.570. The van der Waals surface area contributed by atoms with Crippen molar-refractivity contribution in [2.45, 2.75) is 77.3 Å². The van der Waals surface area contributed by atoms with E-state index in [1.165, 1.54) is 44.9 Å². The van der Waals surface area contributed by atoms with Crippen LogP contribution in [0.15, 0.2) is 0 Å². The van der Waals surface area contributed by atoms with Gasteiger partial charge in [0.1, 0.15) is 0 Å². The Kier molecular flexibility index (Phi) is 5.26. The summed E-state index contributed by atoms with van der Waals surface area (Å²) in [6, 6.07) is 0.535. The summed E-state index contributed by atoms with van der Waals surface area (Å²) in [7, 11) is 0. The minimum Gasteiger partial charge on any atom is -0.339 e. The predicted octanol–water partition coefficient (Wildman–Crippen LogP) is 2.93. The Morgan fingerprint density at radius 1 is 1.16 bits per heavy atom. The largest absolute Gasteiger partial charge is 0.339 e. The van der Waals surface area contributed by atoms with Crippen molar-refractivity contribution < 1.29 is 4.79 Å². The lowest BCUT2D eigenvalue weighted by atomic mass is 9.83. The number of hydrogen-bond donors (Lipinski definition) is 1. The molecule has 2 fully saturated rings. The van der Waals surface area contributed by atoms with E-state index in [1.54, 1.807) is 0 Å². The first-order valence-corrected chi connectivity index (χ1v) is 8.14. The Bertz CT molecular complexity index is 297. The molecule has 1 amide bonds. The molecule has 3 nitrogen and oxygen atoms in total. The summed E-state index contributed by atoms with van der Waals surface area (Å²) in [4.78, 5) is 14.6. The molecule has 2 atom stereocenters. The second-order valence-corrected chi connectivity index (χ2v) is 6.81. The highest BCUT2D eigenvalue weighted by Crippen LogP contribution is 2.34. The maximum Gasteiger partial charge on any atom is 0.224 e. The van der Waals surface area contributed by atoms with Crippen LogP contribution in [-0.2, 0) is 4.79 Å². The zero-order valence-corrected chi connectivity index (χ0v) is 12.6. The molecule has 1 aliphatic heterocycles. The van der Waals surface area contributed by atoms with Crippen molar-refractivity contribution in [3.8, 4) is 0 Å². The quantitative estimate of drug-likeness (QED) is 0.850. The van der Waals surface area contributed by atoms with Gasteiger partial charge in [0.2, 0.25) is 5.91 Å². The van der Waals surface area contributed by atoms with Crippen LogP contribution in [0.1, 0.15) is 65.2 Å². The van der Waals surface area contributed by atoms with E-state index in [2.05, 4.69) is 18.7 Å². The van der Waals surface area contributed by atoms with E-state index in [0.29, 0.717) is 24.3 Å². The first-order chi connectivity index (χ1) is 9.09. The molecule has 110 valence electrons. The summed E-state index contributed by atoms with van der Waals surface area (Å²) in [6.07, 6.45) is 9.67. The molecule has 1 aliphatic carbocycles. The lowest BCUT2D eigenvalue weighted by Crippen LogP contribution is -2.43. The average Bonchev–Trinajstić information content (AvgIpc) is 2.88. The molecule has 19 heavy (non-hydrogen) atoms. The lowest BCUT2D eigenvalue weighted by molar-refractivity contribution is -0.133. The summed E-state index contributed by atoms with van der Waals surface area (Å²) < 4.78 is 0. The van der Waals surface area contributed by atoms with Gasteiger partial charge in [-0.3, -0.25) is 4.79 Å². The van der Waals surface area contributed by atoms with Crippen LogP contribution in [0.4, 0.5) is 0 Å². The molecule has 1 heterocycles. The molecule has 0 radical (unpaired) electrons. The van der Waals surface area contributed by atoms with Crippen LogP contribution >= 0.6 is 0 Å². The number of hydrogen-bond acceptors (Lipinski definition) is 2. The number of carbonyl (C=O) groups is 1. The first-order valence-electron chi connectivity index (χ1n) is 8.14. The zero-order valence-electron chi connectivity index (χ0n) is 12.6. The molecule has 3 heteroatoms. The number of likely N-dealkylation sites (tertiary alicyclic amines) is 1. The van der Waals surface area contributed by atoms with Crippen LogP contribution in [0.25, 0.3) is 0 Å². The van der Waals surface area contributed by atoms with Gasteiger partial charge in [0.25, 0.3) is 0 Å². The van der Waals surface area contributed by atoms with Crippen molar-refractivity contribution in [1.29, 1.82) is 0 Å². The lowest BCUT2D eigenvalue weighted by Gasteiger charge is -2.34. The van der Waals surface area contributed by atoms with Crippen molar-refractivity contribution in [2.24, 2.45) is 17.6 Å². The van der Waals surface area contributed by atoms with E-state index >= 15 is 0 Å². The average molecular weight is 266 g/mol. The molecule has 0 aromatic carbocycles. The van der Waals surface area contributed by atoms with Crippen molar-refractivity contribution in [3.63, 3.8) is 0 Å². The maximum absolute atomic E-state index is 12.5. The normalized spacial score (nSPS) is 26.9. The van der Waals surface area contributed by atoms with E-state index in [4.69, 9.17) is 5.73 Å². The summed E-state index contributed by atoms with van der Waals surface area (Å²) in [5.74, 6) is 1.45. The number of nitrogens with zero attached hydrogens (tertiary/aromatic N) is 1. The Morgan fingerprint density at radius 3 is 2.47 bits per heavy atom. The van der Waals surface area contributed by atoms with E-state index in [1.807, 2.05) is 0 Å². The predicted molar refractivity (Wildman–Crippen MR) is 78.7 cm³/mol. The molecule has 0 bridgehead atoms. The molecular weight excluding hydrogens is 236 g/mol. The van der Waals surface area contributed by atoms with Gasteiger partial charge in [-0.05, 0) is 37.5 Å². The topological polar surface area (TPSA) is 46.3 Å². The van der Waals surface area contributed by atoms with Gasteiger partial charge in [0.05, 0.1) is 0 Å². The summed E-state index contributed by atoms with van der Waals surface area (Å²) in [6.45, 7) is 5.16. The standard InChI is InChI=1S/C16H30N2O/c1-12(2)14(17)11-16(19)18-10-6-9-15(18)13-7-4-3-5-8-13/h12-15H,3-11,17H2,1-2H3. The first kappa shape index (κ1) is 14.8. The molecule has 0 spiro atoms. The van der Waals surface area contributed by atoms with Crippen molar-refractivity contribution in [2.75, 3.05) is 6.54 Å². The van der Waals surface area contributed by atoms with Crippen LogP contribution in [0.3, 0.4) is 0 Å². The fraction of sp³-hybridized carbons (Fsp3) is 0.938. The van der Waals surface area contributed by atoms with Crippen LogP contribution < -0.4 is 5.73 Å². The molecule has 2 N–H and O–H groups in total. The second-order valence-electron chi connectivity index (χ2n) is 6.81. The third-order valence-corrected chi connectivity index (χ3v) is 5.08. The third kappa shape index (κ3) is 3.71. The van der Waals surface area contributed by atoms with Crippen LogP contribution in [0.2, 0.25) is 0 Å². The fourth-order valence-corrected chi connectivity index (χ4v) is 3.67. The van der Waals surface area contributed by atoms with E-state index in [0.717, 1.165) is 12.5 Å². The Balaban J connectivity index is 1.92. The Labute approximate surface area is 117 Å². The summed E-state index contributed by atoms with van der Waals surface area (Å²) >= 11 is 0. The zero-order chi connectivity index (χ0) is 13.8. The highest BCUT2D eigenvalue weighted by Gasteiger charge is 2.35. The van der Waals surface area contributed by atoms with Gasteiger partial charge in [-0.1, -0.05) is 33.1 Å². The number of nitrogens with two attached hydrogens (primary N) is 1. The maximum atomic E-state index is 12.5. The van der Waals surface area contributed by atoms with Crippen molar-refractivity contribution >= 4 is 5.91 Å². The van der Waals surface area contributed by atoms with E-state index in [-0.39, 0.29) is 6.04 Å². The number of amides is 1. The van der Waals surface area contributed by atoms with Gasteiger partial charge >= 0.3 is 0 Å². The minimum absolute atomic E-state index is 0.0140. The number of carbonyl (C=O) groups excluding carboxylic acids is 1. The Morgan fingerprint density at radius 2 is 1.84 bits per heavy atom. The molecular formula is C16H30N2O. The third-order valence-electron chi connectivity index (χ3n) is 5.08. The van der Waals surface area contributed by atoms with Crippen LogP contribution in [0.5, 0.6) is 0 Å². The monoisotopic (exact) mass is 266 g/mol. The SMILES string of the molecule is CC(C)C(N)CC(=O)N1CCCC1C1CCCCC1. The van der Waals surface area contributed by atoms with Crippen LogP contribution in [0, 0.1) is 11.8 Å². The van der Waals surface area contributed by atoms with Crippen molar-refractivity contribution in [3.05, 3.63) is 0 Å². The van der Waals surface area contributed by atoms with Gasteiger partial charge in [0.15, 0.2) is 0 Å². The van der Waals surface area contributed by atoms with Gasteiger partial charge in [-0.2, -0.15) is 0 Å². The highest BCUT2D eigenvalue weighted by atomic mass is 16.2. The van der Waals surface area contributed by atoms with Crippen molar-refractivity contribution in [1.82, 2.24) is 4.90 Å². The fourth-order valence-electron chi connectivity index (χ4n) is 3.67. The highest BCUT2D eigenvalue weighted by molar-refractivity contribution is 5.77. The number of rotatable bonds is 4. The molecule has 1 saturated heterocycles. The smallest absolute Gasteiger partial charge is 0.224 e. The minimum atomic E-state index is 0.0140. The molecule has 0 aromatic heterocycles. The van der Waals surface area contributed by atoms with Gasteiger partial charge < -0.3 is 10.6 Å². The molecule has 2 unspecified atom stereocenters. The molecule has 2 aliphatic rings. The van der Waals surface area contributed by atoms with Gasteiger partial charge in [-0.25, -0.2) is 0 Å². The molecule has 2 rings (SSSR count). The molecule has 1 saturated carbocycles. The summed E-state index contributed by atoms with van der Waals surface area (Å²) in [5.41, 5.74) is 6.06. The van der Waals surface area contributed by atoms with Gasteiger partial charge in [0, 0.05) is 25.0 Å². The molecule has 0 aromatic rings. The summed E-state index contributed by atoms with van der Waals surface area (Å²) in [5, 5.41) is 0.